The first-order valence-corrected chi connectivity index (χ1v) is 6.97. The Kier molecular flexibility index (Phi) is 8.94. The van der Waals surface area contributed by atoms with E-state index in [1.807, 2.05) is 13.8 Å². The Bertz CT molecular complexity index is 402. The number of halogens is 3. The van der Waals surface area contributed by atoms with Gasteiger partial charge in [0.05, 0.1) is 5.02 Å². The summed E-state index contributed by atoms with van der Waals surface area (Å²) in [6.07, 6.45) is 0. The topological polar surface area (TPSA) is 41.1 Å². The first-order valence-electron chi connectivity index (χ1n) is 5.51. The van der Waals surface area contributed by atoms with Crippen LogP contribution in [-0.4, -0.2) is 25.0 Å². The lowest BCUT2D eigenvalue weighted by Crippen LogP contribution is -2.38. The van der Waals surface area contributed by atoms with E-state index in [2.05, 4.69) is 33.2 Å². The number of amides is 1. The monoisotopic (exact) mass is 402 g/mol. The molecule has 0 fully saturated rings. The third-order valence-electron chi connectivity index (χ3n) is 2.30. The maximum absolute atomic E-state index is 11.8. The highest BCUT2D eigenvalue weighted by Crippen LogP contribution is 2.19. The van der Waals surface area contributed by atoms with Crippen LogP contribution in [-0.2, 0) is 0 Å². The summed E-state index contributed by atoms with van der Waals surface area (Å²) < 4.78 is 0.886. The fraction of sp³-hybridized carbons (Fsp3) is 0.417. The van der Waals surface area contributed by atoms with Crippen LogP contribution >= 0.6 is 46.6 Å². The van der Waals surface area contributed by atoms with Gasteiger partial charge in [-0.3, -0.25) is 4.79 Å². The molecule has 1 aromatic carbocycles. The molecule has 0 aliphatic carbocycles. The summed E-state index contributed by atoms with van der Waals surface area (Å²) in [6, 6.07) is 5.54. The SMILES string of the molecule is CCN[C@H](C)CNC(=O)c1ccc(Cl)c(I)c1.Cl. The van der Waals surface area contributed by atoms with Crippen molar-refractivity contribution in [3.8, 4) is 0 Å². The average Bonchev–Trinajstić information content (AvgIpc) is 2.30. The van der Waals surface area contributed by atoms with Gasteiger partial charge >= 0.3 is 0 Å². The summed E-state index contributed by atoms with van der Waals surface area (Å²) >= 11 is 8.02. The molecule has 1 atom stereocenters. The summed E-state index contributed by atoms with van der Waals surface area (Å²) in [5, 5.41) is 6.79. The molecular weight excluding hydrogens is 386 g/mol. The number of hydrogen-bond donors (Lipinski definition) is 2. The molecule has 0 radical (unpaired) electrons. The molecule has 0 aliphatic rings. The summed E-state index contributed by atoms with van der Waals surface area (Å²) in [7, 11) is 0. The predicted octanol–water partition coefficient (Wildman–Crippen LogP) is 3.09. The second kappa shape index (κ2) is 8.96. The standard InChI is InChI=1S/C12H16ClIN2O.ClH/c1-3-15-8(2)7-16-12(17)9-4-5-10(13)11(14)6-9;/h4-6,8,15H,3,7H2,1-2H3,(H,16,17);1H/t8-;/m1./s1. The fourth-order valence-electron chi connectivity index (χ4n) is 1.41. The van der Waals surface area contributed by atoms with Crippen molar-refractivity contribution in [3.05, 3.63) is 32.4 Å². The number of likely N-dealkylation sites (N-methyl/N-ethyl adjacent to an activating group) is 1. The zero-order valence-corrected chi connectivity index (χ0v) is 14.0. The molecule has 1 amide bonds. The van der Waals surface area contributed by atoms with Crippen molar-refractivity contribution >= 4 is 52.5 Å². The van der Waals surface area contributed by atoms with E-state index in [1.54, 1.807) is 18.2 Å². The Morgan fingerprint density at radius 3 is 2.72 bits per heavy atom. The Morgan fingerprint density at radius 1 is 1.50 bits per heavy atom. The molecule has 102 valence electrons. The van der Waals surface area contributed by atoms with Crippen molar-refractivity contribution < 1.29 is 4.79 Å². The van der Waals surface area contributed by atoms with Crippen molar-refractivity contribution in [2.75, 3.05) is 13.1 Å². The Morgan fingerprint density at radius 2 is 2.17 bits per heavy atom. The summed E-state index contributed by atoms with van der Waals surface area (Å²) in [4.78, 5) is 11.8. The number of hydrogen-bond acceptors (Lipinski definition) is 2. The third-order valence-corrected chi connectivity index (χ3v) is 3.84. The Hall–Kier alpha value is -0.0400. The van der Waals surface area contributed by atoms with Crippen LogP contribution in [0.1, 0.15) is 24.2 Å². The zero-order chi connectivity index (χ0) is 12.8. The molecule has 0 saturated heterocycles. The number of benzene rings is 1. The van der Waals surface area contributed by atoms with E-state index < -0.39 is 0 Å². The maximum atomic E-state index is 11.8. The molecule has 6 heteroatoms. The first kappa shape index (κ1) is 18.0. The summed E-state index contributed by atoms with van der Waals surface area (Å²) in [5.41, 5.74) is 0.641. The van der Waals surface area contributed by atoms with Gasteiger partial charge in [0.1, 0.15) is 0 Å². The van der Waals surface area contributed by atoms with Gasteiger partial charge in [-0.25, -0.2) is 0 Å². The molecule has 2 N–H and O–H groups in total. The van der Waals surface area contributed by atoms with Gasteiger partial charge in [0.2, 0.25) is 0 Å². The normalized spacial score (nSPS) is 11.6. The van der Waals surface area contributed by atoms with Crippen LogP contribution in [0.5, 0.6) is 0 Å². The van der Waals surface area contributed by atoms with E-state index >= 15 is 0 Å². The first-order chi connectivity index (χ1) is 8.04. The molecular formula is C12H17Cl2IN2O. The zero-order valence-electron chi connectivity index (χ0n) is 10.3. The van der Waals surface area contributed by atoms with Crippen LogP contribution in [0.2, 0.25) is 5.02 Å². The lowest BCUT2D eigenvalue weighted by atomic mass is 10.2. The molecule has 0 bridgehead atoms. The van der Waals surface area contributed by atoms with Crippen LogP contribution in [0.25, 0.3) is 0 Å². The quantitative estimate of drug-likeness (QED) is 0.743. The maximum Gasteiger partial charge on any atom is 0.251 e. The highest BCUT2D eigenvalue weighted by atomic mass is 127. The molecule has 0 aliphatic heterocycles. The van der Waals surface area contributed by atoms with Gasteiger partial charge in [-0.15, -0.1) is 12.4 Å². The van der Waals surface area contributed by atoms with Crippen LogP contribution in [0.15, 0.2) is 18.2 Å². The minimum atomic E-state index is -0.0654. The van der Waals surface area contributed by atoms with Gasteiger partial charge in [0.25, 0.3) is 5.91 Å². The van der Waals surface area contributed by atoms with Crippen molar-refractivity contribution in [2.45, 2.75) is 19.9 Å². The number of carbonyl (C=O) groups is 1. The molecule has 0 unspecified atom stereocenters. The number of nitrogens with one attached hydrogen (secondary N) is 2. The molecule has 1 rings (SSSR count). The molecule has 18 heavy (non-hydrogen) atoms. The van der Waals surface area contributed by atoms with Crippen LogP contribution < -0.4 is 10.6 Å². The Labute approximate surface area is 133 Å². The molecule has 3 nitrogen and oxygen atoms in total. The van der Waals surface area contributed by atoms with Crippen molar-refractivity contribution in [2.24, 2.45) is 0 Å². The van der Waals surface area contributed by atoms with E-state index in [4.69, 9.17) is 11.6 Å². The number of rotatable bonds is 5. The van der Waals surface area contributed by atoms with Gasteiger partial charge in [-0.2, -0.15) is 0 Å². The van der Waals surface area contributed by atoms with Crippen molar-refractivity contribution in [3.63, 3.8) is 0 Å². The van der Waals surface area contributed by atoms with Gasteiger partial charge < -0.3 is 10.6 Å². The van der Waals surface area contributed by atoms with E-state index in [0.29, 0.717) is 17.1 Å². The largest absolute Gasteiger partial charge is 0.350 e. The van der Waals surface area contributed by atoms with Crippen molar-refractivity contribution in [1.82, 2.24) is 10.6 Å². The van der Waals surface area contributed by atoms with E-state index in [0.717, 1.165) is 10.1 Å². The second-order valence-electron chi connectivity index (χ2n) is 3.80. The van der Waals surface area contributed by atoms with Crippen LogP contribution in [0.4, 0.5) is 0 Å². The summed E-state index contributed by atoms with van der Waals surface area (Å²) in [5.74, 6) is -0.0654. The highest BCUT2D eigenvalue weighted by Gasteiger charge is 2.08. The van der Waals surface area contributed by atoms with Gasteiger partial charge in [-0.05, 0) is 54.3 Å². The van der Waals surface area contributed by atoms with E-state index in [9.17, 15) is 4.79 Å². The smallest absolute Gasteiger partial charge is 0.251 e. The molecule has 0 heterocycles. The number of carbonyl (C=O) groups excluding carboxylic acids is 1. The lowest BCUT2D eigenvalue weighted by Gasteiger charge is -2.13. The van der Waals surface area contributed by atoms with Crippen molar-refractivity contribution in [1.29, 1.82) is 0 Å². The highest BCUT2D eigenvalue weighted by molar-refractivity contribution is 14.1. The minimum Gasteiger partial charge on any atom is -0.350 e. The van der Waals surface area contributed by atoms with Gasteiger partial charge in [0, 0.05) is 21.7 Å². The summed E-state index contributed by atoms with van der Waals surface area (Å²) in [6.45, 7) is 5.59. The van der Waals surface area contributed by atoms with Gasteiger partial charge in [-0.1, -0.05) is 18.5 Å². The molecule has 0 saturated carbocycles. The Balaban J connectivity index is 0.00000289. The third kappa shape index (κ3) is 5.73. The van der Waals surface area contributed by atoms with E-state index in [1.165, 1.54) is 0 Å². The predicted molar refractivity (Wildman–Crippen MR) is 86.9 cm³/mol. The minimum absolute atomic E-state index is 0. The molecule has 0 aromatic heterocycles. The van der Waals surface area contributed by atoms with Gasteiger partial charge in [0.15, 0.2) is 0 Å². The second-order valence-corrected chi connectivity index (χ2v) is 5.37. The van der Waals surface area contributed by atoms with Crippen LogP contribution in [0.3, 0.4) is 0 Å². The van der Waals surface area contributed by atoms with Crippen LogP contribution in [0, 0.1) is 3.57 Å². The lowest BCUT2D eigenvalue weighted by molar-refractivity contribution is 0.0950. The molecule has 0 spiro atoms. The van der Waals surface area contributed by atoms with E-state index in [-0.39, 0.29) is 24.4 Å². The molecule has 1 aromatic rings. The average molecular weight is 403 g/mol. The fourth-order valence-corrected chi connectivity index (χ4v) is 2.04.